The smallest absolute Gasteiger partial charge is 0.244 e. The highest BCUT2D eigenvalue weighted by Crippen LogP contribution is 2.32. The van der Waals surface area contributed by atoms with Crippen molar-refractivity contribution in [1.29, 1.82) is 0 Å². The van der Waals surface area contributed by atoms with Gasteiger partial charge in [0.25, 0.3) is 0 Å². The number of ether oxygens (including phenoxy) is 2. The van der Waals surface area contributed by atoms with E-state index in [1.165, 1.54) is 31.3 Å². The second-order valence-corrected chi connectivity index (χ2v) is 11.7. The molecule has 0 spiro atoms. The van der Waals surface area contributed by atoms with Crippen LogP contribution in [0.25, 0.3) is 0 Å². The molecule has 2 amide bonds. The van der Waals surface area contributed by atoms with Crippen LogP contribution in [0.5, 0.6) is 11.5 Å². The first kappa shape index (κ1) is 31.8. The maximum absolute atomic E-state index is 14.1. The zero-order valence-electron chi connectivity index (χ0n) is 23.7. The van der Waals surface area contributed by atoms with Gasteiger partial charge < -0.3 is 19.7 Å². The first-order chi connectivity index (χ1) is 19.6. The third-order valence-corrected chi connectivity index (χ3v) is 7.96. The number of halogens is 1. The SMILES string of the molecule is CCCNC(=O)C(Cc1ccccc1)N(Cc1ccccc1Cl)C(=O)CN(c1ccc(OC)c(OC)c1)S(C)(=O)=O. The number of hydrogen-bond acceptors (Lipinski definition) is 6. The molecule has 0 radical (unpaired) electrons. The molecule has 0 aliphatic rings. The van der Waals surface area contributed by atoms with Gasteiger partial charge in [-0.25, -0.2) is 8.42 Å². The normalized spacial score (nSPS) is 11.8. The van der Waals surface area contributed by atoms with E-state index in [4.69, 9.17) is 21.1 Å². The van der Waals surface area contributed by atoms with Gasteiger partial charge in [-0.05, 0) is 35.7 Å². The molecule has 3 aromatic rings. The molecule has 0 saturated carbocycles. The topological polar surface area (TPSA) is 105 Å². The van der Waals surface area contributed by atoms with E-state index in [1.807, 2.05) is 37.3 Å². The molecule has 0 bridgehead atoms. The molecule has 0 aliphatic heterocycles. The number of nitrogens with one attached hydrogen (secondary N) is 1. The molecule has 3 aromatic carbocycles. The van der Waals surface area contributed by atoms with E-state index in [1.54, 1.807) is 30.3 Å². The number of sulfonamides is 1. The lowest BCUT2D eigenvalue weighted by Gasteiger charge is -2.33. The molecule has 0 aromatic heterocycles. The van der Waals surface area contributed by atoms with Crippen molar-refractivity contribution in [2.45, 2.75) is 32.4 Å². The average Bonchev–Trinajstić information content (AvgIpc) is 2.96. The third kappa shape index (κ3) is 8.61. The monoisotopic (exact) mass is 601 g/mol. The molecule has 11 heteroatoms. The van der Waals surface area contributed by atoms with Crippen molar-refractivity contribution in [3.63, 3.8) is 0 Å². The summed E-state index contributed by atoms with van der Waals surface area (Å²) in [5, 5.41) is 3.33. The first-order valence-corrected chi connectivity index (χ1v) is 15.4. The van der Waals surface area contributed by atoms with Crippen molar-refractivity contribution in [1.82, 2.24) is 10.2 Å². The number of carbonyl (C=O) groups is 2. The van der Waals surface area contributed by atoms with Crippen molar-refractivity contribution in [3.8, 4) is 11.5 Å². The third-order valence-electron chi connectivity index (χ3n) is 6.45. The Bertz CT molecular complexity index is 1440. The van der Waals surface area contributed by atoms with Crippen LogP contribution in [0, 0.1) is 0 Å². The van der Waals surface area contributed by atoms with E-state index >= 15 is 0 Å². The van der Waals surface area contributed by atoms with Crippen molar-refractivity contribution < 1.29 is 27.5 Å². The summed E-state index contributed by atoms with van der Waals surface area (Å²) in [5.41, 5.74) is 1.69. The number of rotatable bonds is 14. The van der Waals surface area contributed by atoms with Crippen molar-refractivity contribution in [2.24, 2.45) is 0 Å². The van der Waals surface area contributed by atoms with Gasteiger partial charge in [0.2, 0.25) is 21.8 Å². The molecule has 9 nitrogen and oxygen atoms in total. The summed E-state index contributed by atoms with van der Waals surface area (Å²) >= 11 is 6.47. The molecule has 220 valence electrons. The summed E-state index contributed by atoms with van der Waals surface area (Å²) in [4.78, 5) is 29.1. The molecule has 1 N–H and O–H groups in total. The lowest BCUT2D eigenvalue weighted by molar-refractivity contribution is -0.140. The maximum atomic E-state index is 14.1. The Morgan fingerprint density at radius 3 is 2.22 bits per heavy atom. The Labute approximate surface area is 247 Å². The van der Waals surface area contributed by atoms with Gasteiger partial charge in [-0.2, -0.15) is 0 Å². The fraction of sp³-hybridized carbons (Fsp3) is 0.333. The Morgan fingerprint density at radius 1 is 0.951 bits per heavy atom. The lowest BCUT2D eigenvalue weighted by atomic mass is 10.0. The maximum Gasteiger partial charge on any atom is 0.244 e. The van der Waals surface area contributed by atoms with Crippen LogP contribution in [-0.4, -0.2) is 64.7 Å². The van der Waals surface area contributed by atoms with Crippen LogP contribution in [0.2, 0.25) is 5.02 Å². The van der Waals surface area contributed by atoms with E-state index in [0.717, 1.165) is 16.1 Å². The zero-order valence-corrected chi connectivity index (χ0v) is 25.2. The number of anilines is 1. The van der Waals surface area contributed by atoms with Gasteiger partial charge >= 0.3 is 0 Å². The fourth-order valence-corrected chi connectivity index (χ4v) is 5.36. The van der Waals surface area contributed by atoms with Crippen molar-refractivity contribution in [3.05, 3.63) is 88.9 Å². The number of carbonyl (C=O) groups excluding carboxylic acids is 2. The van der Waals surface area contributed by atoms with Crippen LogP contribution in [0.15, 0.2) is 72.8 Å². The average molecular weight is 602 g/mol. The number of methoxy groups -OCH3 is 2. The minimum atomic E-state index is -3.93. The Balaban J connectivity index is 2.07. The van der Waals surface area contributed by atoms with Crippen LogP contribution in [0.3, 0.4) is 0 Å². The Morgan fingerprint density at radius 2 is 1.61 bits per heavy atom. The quantitative estimate of drug-likeness (QED) is 0.296. The molecule has 41 heavy (non-hydrogen) atoms. The van der Waals surface area contributed by atoms with Crippen LogP contribution in [0.1, 0.15) is 24.5 Å². The Hall–Kier alpha value is -3.76. The molecule has 0 aliphatic carbocycles. The van der Waals surface area contributed by atoms with Crippen LogP contribution in [-0.2, 0) is 32.6 Å². The summed E-state index contributed by atoms with van der Waals surface area (Å²) in [7, 11) is -1.02. The second-order valence-electron chi connectivity index (χ2n) is 9.42. The molecule has 0 saturated heterocycles. The summed E-state index contributed by atoms with van der Waals surface area (Å²) in [6.07, 6.45) is 1.95. The van der Waals surface area contributed by atoms with E-state index in [2.05, 4.69) is 5.32 Å². The summed E-state index contributed by atoms with van der Waals surface area (Å²) in [6, 6.07) is 20.0. The minimum Gasteiger partial charge on any atom is -0.493 e. The van der Waals surface area contributed by atoms with Gasteiger partial charge in [-0.3, -0.25) is 13.9 Å². The van der Waals surface area contributed by atoms with Gasteiger partial charge in [0.1, 0.15) is 12.6 Å². The standard InChI is InChI=1S/C30H36ClN3O6S/c1-5-17-32-30(36)26(18-22-11-7-6-8-12-22)33(20-23-13-9-10-14-25(23)31)29(35)21-34(41(4,37)38)24-15-16-27(39-2)28(19-24)40-3/h6-16,19,26H,5,17-18,20-21H2,1-4H3,(H,32,36). The van der Waals surface area contributed by atoms with Gasteiger partial charge in [0.05, 0.1) is 26.2 Å². The van der Waals surface area contributed by atoms with Gasteiger partial charge in [0, 0.05) is 30.6 Å². The van der Waals surface area contributed by atoms with Crippen LogP contribution in [0.4, 0.5) is 5.69 Å². The van der Waals surface area contributed by atoms with E-state index in [-0.39, 0.29) is 24.6 Å². The van der Waals surface area contributed by atoms with E-state index < -0.39 is 28.5 Å². The second kappa shape index (κ2) is 14.7. The Kier molecular flexibility index (Phi) is 11.4. The zero-order chi connectivity index (χ0) is 30.0. The van der Waals surface area contributed by atoms with Gasteiger partial charge in [0.15, 0.2) is 11.5 Å². The van der Waals surface area contributed by atoms with E-state index in [9.17, 15) is 18.0 Å². The first-order valence-electron chi connectivity index (χ1n) is 13.1. The summed E-state index contributed by atoms with van der Waals surface area (Å²) in [6.45, 7) is 1.82. The lowest BCUT2D eigenvalue weighted by Crippen LogP contribution is -2.53. The number of nitrogens with zero attached hydrogens (tertiary/aromatic N) is 2. The fourth-order valence-electron chi connectivity index (χ4n) is 4.32. The van der Waals surface area contributed by atoms with Crippen molar-refractivity contribution >= 4 is 39.1 Å². The molecule has 0 heterocycles. The predicted molar refractivity (Wildman–Crippen MR) is 161 cm³/mol. The molecular formula is C30H36ClN3O6S. The largest absolute Gasteiger partial charge is 0.493 e. The van der Waals surface area contributed by atoms with Crippen LogP contribution >= 0.6 is 11.6 Å². The highest BCUT2D eigenvalue weighted by Gasteiger charge is 2.33. The summed E-state index contributed by atoms with van der Waals surface area (Å²) in [5.74, 6) is -0.197. The minimum absolute atomic E-state index is 0.000905. The number of benzene rings is 3. The molecule has 1 unspecified atom stereocenters. The van der Waals surface area contributed by atoms with Crippen molar-refractivity contribution in [2.75, 3.05) is 37.9 Å². The van der Waals surface area contributed by atoms with Crippen LogP contribution < -0.4 is 19.1 Å². The summed E-state index contributed by atoms with van der Waals surface area (Å²) < 4.78 is 37.6. The van der Waals surface area contributed by atoms with Gasteiger partial charge in [-0.1, -0.05) is 67.1 Å². The van der Waals surface area contributed by atoms with E-state index in [0.29, 0.717) is 35.1 Å². The molecule has 1 atom stereocenters. The molecule has 3 rings (SSSR count). The number of hydrogen-bond donors (Lipinski definition) is 1. The highest BCUT2D eigenvalue weighted by atomic mass is 35.5. The number of amides is 2. The predicted octanol–water partition coefficient (Wildman–Crippen LogP) is 4.29. The molecule has 0 fully saturated rings. The highest BCUT2D eigenvalue weighted by molar-refractivity contribution is 7.92. The molecular weight excluding hydrogens is 566 g/mol. The van der Waals surface area contributed by atoms with Gasteiger partial charge in [-0.15, -0.1) is 0 Å².